The zero-order chi connectivity index (χ0) is 29.4. The number of urea groups is 1. The molecule has 1 aromatic carbocycles. The molecule has 41 heavy (non-hydrogen) atoms. The summed E-state index contributed by atoms with van der Waals surface area (Å²) < 4.78 is 0. The fourth-order valence-electron chi connectivity index (χ4n) is 5.52. The molecule has 2 saturated heterocycles. The van der Waals surface area contributed by atoms with E-state index in [1.54, 1.807) is 14.8 Å². The van der Waals surface area contributed by atoms with Crippen LogP contribution in [0.25, 0.3) is 0 Å². The van der Waals surface area contributed by atoms with E-state index in [4.69, 9.17) is 0 Å². The maximum absolute atomic E-state index is 13.9. The van der Waals surface area contributed by atoms with E-state index in [2.05, 4.69) is 42.2 Å². The van der Waals surface area contributed by atoms with E-state index in [0.29, 0.717) is 31.1 Å². The van der Waals surface area contributed by atoms with Gasteiger partial charge in [-0.25, -0.2) is 4.79 Å². The summed E-state index contributed by atoms with van der Waals surface area (Å²) in [6, 6.07) is 8.79. The monoisotopic (exact) mass is 558 g/mol. The van der Waals surface area contributed by atoms with Crippen molar-refractivity contribution in [1.82, 2.24) is 25.1 Å². The van der Waals surface area contributed by atoms with Crippen LogP contribution in [0.5, 0.6) is 0 Å². The van der Waals surface area contributed by atoms with E-state index >= 15 is 0 Å². The molecular formula is C32H42N6O3. The molecule has 1 unspecified atom stereocenters. The van der Waals surface area contributed by atoms with Gasteiger partial charge >= 0.3 is 6.03 Å². The summed E-state index contributed by atoms with van der Waals surface area (Å²) in [7, 11) is 0. The number of hydrogen-bond acceptors (Lipinski definition) is 5. The molecule has 2 aliphatic heterocycles. The Labute approximate surface area is 243 Å². The van der Waals surface area contributed by atoms with Crippen LogP contribution < -0.4 is 5.32 Å². The molecule has 0 spiro atoms. The van der Waals surface area contributed by atoms with E-state index in [-0.39, 0.29) is 37.5 Å². The molecule has 218 valence electrons. The standard InChI is InChI=1S/C32H42N6O3/c1-5-7-13-27(33-4)21-35-22-29-37(36(18-6-2)32(41)34-20-26-16-14-24(3)15-17-26)23-30(39)38(29)28(31(35)40)19-25-11-9-8-10-12-25/h5,7-14,16-17,24,28-29H,4,6,15,18-23H2,1-3H3,(H,34,41)/b7-5-,27-13-/t24?,28-,29+/m0/s1. The van der Waals surface area contributed by atoms with Crippen LogP contribution in [-0.4, -0.2) is 89.3 Å². The molecule has 1 N–H and O–H groups in total. The molecule has 2 heterocycles. The molecule has 9 heteroatoms. The Hall–Kier alpha value is -3.98. The van der Waals surface area contributed by atoms with E-state index in [1.807, 2.05) is 67.4 Å². The van der Waals surface area contributed by atoms with Crippen LogP contribution >= 0.6 is 0 Å². The number of piperazine rings is 1. The Bertz CT molecular complexity index is 1240. The van der Waals surface area contributed by atoms with E-state index < -0.39 is 12.2 Å². The van der Waals surface area contributed by atoms with Gasteiger partial charge in [0.1, 0.15) is 12.2 Å². The van der Waals surface area contributed by atoms with Crippen molar-refractivity contribution in [2.45, 2.75) is 52.2 Å². The number of fused-ring (bicyclic) bond motifs is 1. The number of carbonyl (C=O) groups is 3. The summed E-state index contributed by atoms with van der Waals surface area (Å²) in [5, 5.41) is 6.53. The van der Waals surface area contributed by atoms with Crippen molar-refractivity contribution in [3.8, 4) is 0 Å². The van der Waals surface area contributed by atoms with Crippen LogP contribution in [0, 0.1) is 5.92 Å². The van der Waals surface area contributed by atoms with Crippen LogP contribution in [-0.2, 0) is 16.0 Å². The highest BCUT2D eigenvalue weighted by atomic mass is 16.2. The van der Waals surface area contributed by atoms with Crippen LogP contribution in [0.3, 0.4) is 0 Å². The summed E-state index contributed by atoms with van der Waals surface area (Å²) in [4.78, 5) is 48.5. The quantitative estimate of drug-likeness (QED) is 0.329. The fraction of sp³-hybridized carbons (Fsp3) is 0.438. The van der Waals surface area contributed by atoms with Gasteiger partial charge in [0.15, 0.2) is 0 Å². The zero-order valence-electron chi connectivity index (χ0n) is 24.4. The minimum atomic E-state index is -0.688. The second kappa shape index (κ2) is 14.1. The normalized spacial score (nSPS) is 23.1. The van der Waals surface area contributed by atoms with Crippen LogP contribution in [0.4, 0.5) is 4.79 Å². The average Bonchev–Trinajstić information content (AvgIpc) is 3.30. The zero-order valence-corrected chi connectivity index (χ0v) is 24.4. The summed E-state index contributed by atoms with van der Waals surface area (Å²) >= 11 is 0. The van der Waals surface area contributed by atoms with Crippen LogP contribution in [0.1, 0.15) is 39.2 Å². The first kappa shape index (κ1) is 30.0. The first-order chi connectivity index (χ1) is 19.9. The van der Waals surface area contributed by atoms with Crippen molar-refractivity contribution in [2.24, 2.45) is 10.9 Å². The van der Waals surface area contributed by atoms with Gasteiger partial charge in [0.2, 0.25) is 11.8 Å². The van der Waals surface area contributed by atoms with Gasteiger partial charge in [0, 0.05) is 19.5 Å². The number of hydrazine groups is 1. The Balaban J connectivity index is 1.60. The van der Waals surface area contributed by atoms with E-state index in [1.165, 1.54) is 0 Å². The minimum absolute atomic E-state index is 0.0333. The number of benzene rings is 1. The highest BCUT2D eigenvalue weighted by molar-refractivity contribution is 5.92. The molecule has 3 aliphatic rings. The maximum Gasteiger partial charge on any atom is 0.332 e. The maximum atomic E-state index is 13.9. The van der Waals surface area contributed by atoms with E-state index in [0.717, 1.165) is 24.0 Å². The second-order valence-electron chi connectivity index (χ2n) is 10.8. The van der Waals surface area contributed by atoms with Gasteiger partial charge in [-0.3, -0.25) is 19.6 Å². The molecule has 0 bridgehead atoms. The summed E-state index contributed by atoms with van der Waals surface area (Å²) in [6.07, 6.45) is 13.5. The average molecular weight is 559 g/mol. The number of rotatable bonds is 11. The molecule has 1 aromatic rings. The molecule has 4 rings (SSSR count). The molecular weight excluding hydrogens is 516 g/mol. The number of carbonyl (C=O) groups excluding carboxylic acids is 3. The number of amides is 4. The van der Waals surface area contributed by atoms with Crippen molar-refractivity contribution in [3.05, 3.63) is 83.6 Å². The first-order valence-electron chi connectivity index (χ1n) is 14.5. The molecule has 0 saturated carbocycles. The van der Waals surface area contributed by atoms with E-state index in [9.17, 15) is 14.4 Å². The van der Waals surface area contributed by atoms with Gasteiger partial charge in [-0.2, -0.15) is 5.01 Å². The van der Waals surface area contributed by atoms with Crippen molar-refractivity contribution >= 4 is 24.6 Å². The Kier molecular flexibility index (Phi) is 10.3. The smallest absolute Gasteiger partial charge is 0.332 e. The van der Waals surface area contributed by atoms with Crippen LogP contribution in [0.15, 0.2) is 83.1 Å². The number of nitrogens with one attached hydrogen (secondary N) is 1. The van der Waals surface area contributed by atoms with Crippen molar-refractivity contribution in [2.75, 3.05) is 32.7 Å². The largest absolute Gasteiger partial charge is 0.333 e. The highest BCUT2D eigenvalue weighted by Gasteiger charge is 2.52. The highest BCUT2D eigenvalue weighted by Crippen LogP contribution is 2.30. The Morgan fingerprint density at radius 2 is 2.02 bits per heavy atom. The SMILES string of the molecule is C=N/C(=C\C=C/C)CN1C[C@H]2N(C(=O)CN2N(CCC)C(=O)NCC2=CCC(C)C=C2)[C@@H](Cc2ccccc2)C1=O. The molecule has 4 amide bonds. The summed E-state index contributed by atoms with van der Waals surface area (Å²) in [5.74, 6) is 0.210. The molecule has 0 aromatic heterocycles. The molecule has 2 fully saturated rings. The predicted octanol–water partition coefficient (Wildman–Crippen LogP) is 3.93. The van der Waals surface area contributed by atoms with Gasteiger partial charge < -0.3 is 15.1 Å². The van der Waals surface area contributed by atoms with Crippen molar-refractivity contribution < 1.29 is 14.4 Å². The topological polar surface area (TPSA) is 88.6 Å². The fourth-order valence-corrected chi connectivity index (χ4v) is 5.52. The lowest BCUT2D eigenvalue weighted by Gasteiger charge is -2.46. The number of allylic oxidation sites excluding steroid dienone is 5. The molecule has 9 nitrogen and oxygen atoms in total. The number of aliphatic imine (C=N–C) groups is 1. The van der Waals surface area contributed by atoms with Gasteiger partial charge in [-0.15, -0.1) is 0 Å². The lowest BCUT2D eigenvalue weighted by molar-refractivity contribution is -0.156. The van der Waals surface area contributed by atoms with Gasteiger partial charge in [-0.1, -0.05) is 74.6 Å². The summed E-state index contributed by atoms with van der Waals surface area (Å²) in [6.45, 7) is 11.2. The van der Waals surface area contributed by atoms with Crippen molar-refractivity contribution in [3.63, 3.8) is 0 Å². The van der Waals surface area contributed by atoms with Crippen LogP contribution in [0.2, 0.25) is 0 Å². The van der Waals surface area contributed by atoms with Crippen molar-refractivity contribution in [1.29, 1.82) is 0 Å². The number of nitrogens with zero attached hydrogens (tertiary/aromatic N) is 5. The minimum Gasteiger partial charge on any atom is -0.333 e. The Morgan fingerprint density at radius 1 is 1.24 bits per heavy atom. The summed E-state index contributed by atoms with van der Waals surface area (Å²) in [5.41, 5.74) is 2.70. The Morgan fingerprint density at radius 3 is 2.68 bits per heavy atom. The lowest BCUT2D eigenvalue weighted by atomic mass is 9.99. The molecule has 1 aliphatic carbocycles. The first-order valence-corrected chi connectivity index (χ1v) is 14.5. The van der Waals surface area contributed by atoms with Gasteiger partial charge in [0.25, 0.3) is 0 Å². The third-order valence-electron chi connectivity index (χ3n) is 7.69. The third-order valence-corrected chi connectivity index (χ3v) is 7.69. The molecule has 3 atom stereocenters. The second-order valence-corrected chi connectivity index (χ2v) is 10.8. The van der Waals surface area contributed by atoms with Gasteiger partial charge in [-0.05, 0) is 49.6 Å². The van der Waals surface area contributed by atoms with Gasteiger partial charge in [0.05, 0.1) is 25.3 Å². The predicted molar refractivity (Wildman–Crippen MR) is 162 cm³/mol. The number of hydrogen-bond donors (Lipinski definition) is 1. The third kappa shape index (κ3) is 7.21. The molecule has 0 radical (unpaired) electrons. The lowest BCUT2D eigenvalue weighted by Crippen LogP contribution is -2.66.